The molecular weight excluding hydrogens is 339 g/mol. The predicted octanol–water partition coefficient (Wildman–Crippen LogP) is 4.85. The molecule has 0 fully saturated rings. The van der Waals surface area contributed by atoms with Crippen LogP contribution < -0.4 is 0 Å². The molecule has 0 saturated heterocycles. The summed E-state index contributed by atoms with van der Waals surface area (Å²) in [5.74, 6) is 0.419. The largest absolute Gasteiger partial charge is 0.392 e. The summed E-state index contributed by atoms with van der Waals surface area (Å²) in [5, 5.41) is 10.3. The normalized spacial score (nSPS) is 12.7. The van der Waals surface area contributed by atoms with Gasteiger partial charge in [-0.3, -0.25) is 4.90 Å². The van der Waals surface area contributed by atoms with Crippen molar-refractivity contribution in [1.29, 1.82) is 0 Å². The van der Waals surface area contributed by atoms with Gasteiger partial charge in [0.2, 0.25) is 0 Å². The lowest BCUT2D eigenvalue weighted by atomic mass is 10.1. The summed E-state index contributed by atoms with van der Waals surface area (Å²) in [7, 11) is 0. The Kier molecular flexibility index (Phi) is 8.76. The fourth-order valence-corrected chi connectivity index (χ4v) is 3.18. The lowest BCUT2D eigenvalue weighted by Gasteiger charge is -2.26. The van der Waals surface area contributed by atoms with Crippen molar-refractivity contribution in [3.05, 3.63) is 72.3 Å². The van der Waals surface area contributed by atoms with Gasteiger partial charge in [-0.25, -0.2) is 4.39 Å². The Morgan fingerprint density at radius 3 is 2.74 bits per heavy atom. The molecule has 1 aromatic heterocycles. The van der Waals surface area contributed by atoms with Crippen molar-refractivity contribution >= 4 is 0 Å². The zero-order chi connectivity index (χ0) is 19.6. The van der Waals surface area contributed by atoms with Crippen LogP contribution in [0.3, 0.4) is 0 Å². The third-order valence-corrected chi connectivity index (χ3v) is 4.75. The fraction of sp³-hybridized carbons (Fsp3) is 0.478. The summed E-state index contributed by atoms with van der Waals surface area (Å²) in [6.45, 7) is 11.2. The predicted molar refractivity (Wildman–Crippen MR) is 110 cm³/mol. The first kappa shape index (κ1) is 21.4. The van der Waals surface area contributed by atoms with Crippen molar-refractivity contribution < 1.29 is 9.50 Å². The minimum atomic E-state index is -0.346. The number of allylic oxidation sites excluding steroid dienone is 1. The molecule has 0 aliphatic carbocycles. The number of aliphatic hydroxyl groups is 1. The molecule has 0 unspecified atom stereocenters. The SMILES string of the molecule is C=CCC[C@H](O)CN(CCC(C)C)Cc1cccn1Cc1cccc(F)c1. The Bertz CT molecular complexity index is 695. The van der Waals surface area contributed by atoms with E-state index in [2.05, 4.69) is 36.0 Å². The number of nitrogens with zero attached hydrogens (tertiary/aromatic N) is 2. The standard InChI is InChI=1S/C23H33FN2O/c1-4-5-11-23(27)18-25(14-12-19(2)3)17-22-10-7-13-26(22)16-20-8-6-9-21(24)15-20/h4,6-10,13,15,19,23,27H,1,5,11-12,14,16-18H2,2-3H3/t23-/m0/s1. The first-order valence-electron chi connectivity index (χ1n) is 9.87. The van der Waals surface area contributed by atoms with Gasteiger partial charge in [0.05, 0.1) is 6.10 Å². The van der Waals surface area contributed by atoms with Crippen LogP contribution in [-0.4, -0.2) is 33.8 Å². The number of aromatic nitrogens is 1. The highest BCUT2D eigenvalue weighted by Crippen LogP contribution is 2.14. The molecule has 2 rings (SSSR count). The van der Waals surface area contributed by atoms with E-state index in [0.29, 0.717) is 19.0 Å². The minimum absolute atomic E-state index is 0.204. The molecule has 0 aliphatic heterocycles. The van der Waals surface area contributed by atoms with Gasteiger partial charge in [0, 0.05) is 31.5 Å². The third kappa shape index (κ3) is 7.69. The molecule has 0 spiro atoms. The molecule has 148 valence electrons. The average Bonchev–Trinajstić information content (AvgIpc) is 3.04. The summed E-state index contributed by atoms with van der Waals surface area (Å²) in [5.41, 5.74) is 2.13. The van der Waals surface area contributed by atoms with Gasteiger partial charge in [-0.15, -0.1) is 6.58 Å². The molecule has 2 aromatic rings. The van der Waals surface area contributed by atoms with Gasteiger partial charge in [-0.1, -0.05) is 32.1 Å². The van der Waals surface area contributed by atoms with Gasteiger partial charge < -0.3 is 9.67 Å². The quantitative estimate of drug-likeness (QED) is 0.540. The van der Waals surface area contributed by atoms with E-state index in [9.17, 15) is 9.50 Å². The molecular formula is C23H33FN2O. The Hall–Kier alpha value is -1.91. The van der Waals surface area contributed by atoms with Gasteiger partial charge in [-0.2, -0.15) is 0 Å². The number of benzene rings is 1. The maximum Gasteiger partial charge on any atom is 0.123 e. The zero-order valence-corrected chi connectivity index (χ0v) is 16.6. The second-order valence-corrected chi connectivity index (χ2v) is 7.69. The van der Waals surface area contributed by atoms with Crippen LogP contribution >= 0.6 is 0 Å². The number of halogens is 1. The molecule has 1 atom stereocenters. The molecule has 0 amide bonds. The molecule has 4 heteroatoms. The molecule has 3 nitrogen and oxygen atoms in total. The van der Waals surface area contributed by atoms with Gasteiger partial charge in [0.15, 0.2) is 0 Å². The van der Waals surface area contributed by atoms with Gasteiger partial charge >= 0.3 is 0 Å². The van der Waals surface area contributed by atoms with E-state index in [4.69, 9.17) is 0 Å². The molecule has 1 heterocycles. The second kappa shape index (κ2) is 11.1. The van der Waals surface area contributed by atoms with Gasteiger partial charge in [-0.05, 0) is 61.6 Å². The van der Waals surface area contributed by atoms with E-state index >= 15 is 0 Å². The highest BCUT2D eigenvalue weighted by atomic mass is 19.1. The van der Waals surface area contributed by atoms with Crippen LogP contribution in [0.15, 0.2) is 55.3 Å². The van der Waals surface area contributed by atoms with Gasteiger partial charge in [0.25, 0.3) is 0 Å². The molecule has 0 aliphatic rings. The molecule has 27 heavy (non-hydrogen) atoms. The van der Waals surface area contributed by atoms with Crippen molar-refractivity contribution in [1.82, 2.24) is 9.47 Å². The van der Waals surface area contributed by atoms with E-state index in [1.54, 1.807) is 12.1 Å². The Morgan fingerprint density at radius 2 is 2.04 bits per heavy atom. The number of rotatable bonds is 12. The summed E-state index contributed by atoms with van der Waals surface area (Å²) in [6, 6.07) is 10.9. The maximum atomic E-state index is 13.5. The van der Waals surface area contributed by atoms with E-state index in [-0.39, 0.29) is 11.9 Å². The summed E-state index contributed by atoms with van der Waals surface area (Å²) < 4.78 is 15.6. The monoisotopic (exact) mass is 372 g/mol. The van der Waals surface area contributed by atoms with E-state index < -0.39 is 0 Å². The lowest BCUT2D eigenvalue weighted by Crippen LogP contribution is -2.34. The van der Waals surface area contributed by atoms with Crippen molar-refractivity contribution in [3.8, 4) is 0 Å². The highest BCUT2D eigenvalue weighted by Gasteiger charge is 2.14. The summed E-state index contributed by atoms with van der Waals surface area (Å²) in [4.78, 5) is 2.32. The number of aliphatic hydroxyl groups excluding tert-OH is 1. The first-order chi connectivity index (χ1) is 13.0. The fourth-order valence-electron chi connectivity index (χ4n) is 3.18. The Balaban J connectivity index is 2.05. The maximum absolute atomic E-state index is 13.5. The minimum Gasteiger partial charge on any atom is -0.392 e. The molecule has 0 saturated carbocycles. The van der Waals surface area contributed by atoms with Crippen LogP contribution in [0.2, 0.25) is 0 Å². The second-order valence-electron chi connectivity index (χ2n) is 7.69. The molecule has 0 bridgehead atoms. The Morgan fingerprint density at radius 1 is 1.22 bits per heavy atom. The third-order valence-electron chi connectivity index (χ3n) is 4.75. The molecule has 1 N–H and O–H groups in total. The van der Waals surface area contributed by atoms with E-state index in [1.807, 2.05) is 24.4 Å². The first-order valence-corrected chi connectivity index (χ1v) is 9.87. The van der Waals surface area contributed by atoms with Gasteiger partial charge in [0.1, 0.15) is 5.82 Å². The van der Waals surface area contributed by atoms with Crippen LogP contribution in [-0.2, 0) is 13.1 Å². The Labute approximate surface area is 163 Å². The van der Waals surface area contributed by atoms with Crippen LogP contribution in [0.1, 0.15) is 44.4 Å². The topological polar surface area (TPSA) is 28.4 Å². The van der Waals surface area contributed by atoms with Crippen LogP contribution in [0.5, 0.6) is 0 Å². The van der Waals surface area contributed by atoms with Crippen molar-refractivity contribution in [2.75, 3.05) is 13.1 Å². The highest BCUT2D eigenvalue weighted by molar-refractivity contribution is 5.18. The number of hydrogen-bond acceptors (Lipinski definition) is 2. The summed E-state index contributed by atoms with van der Waals surface area (Å²) >= 11 is 0. The number of hydrogen-bond donors (Lipinski definition) is 1. The van der Waals surface area contributed by atoms with Crippen LogP contribution in [0.4, 0.5) is 4.39 Å². The van der Waals surface area contributed by atoms with Crippen molar-refractivity contribution in [2.24, 2.45) is 5.92 Å². The summed E-state index contributed by atoms with van der Waals surface area (Å²) in [6.07, 6.45) is 6.21. The zero-order valence-electron chi connectivity index (χ0n) is 16.6. The van der Waals surface area contributed by atoms with E-state index in [1.165, 1.54) is 11.8 Å². The van der Waals surface area contributed by atoms with Crippen molar-refractivity contribution in [3.63, 3.8) is 0 Å². The smallest absolute Gasteiger partial charge is 0.123 e. The van der Waals surface area contributed by atoms with Crippen LogP contribution in [0, 0.1) is 11.7 Å². The van der Waals surface area contributed by atoms with Crippen LogP contribution in [0.25, 0.3) is 0 Å². The lowest BCUT2D eigenvalue weighted by molar-refractivity contribution is 0.0982. The molecule has 0 radical (unpaired) electrons. The molecule has 1 aromatic carbocycles. The van der Waals surface area contributed by atoms with E-state index in [0.717, 1.165) is 37.9 Å². The average molecular weight is 373 g/mol. The van der Waals surface area contributed by atoms with Crippen molar-refractivity contribution in [2.45, 2.75) is 52.3 Å².